The van der Waals surface area contributed by atoms with Crippen molar-refractivity contribution in [3.63, 3.8) is 0 Å². The number of nitrogens with one attached hydrogen (secondary N) is 1. The smallest absolute Gasteiger partial charge is 0.238 e. The van der Waals surface area contributed by atoms with Gasteiger partial charge in [0.05, 0.1) is 19.8 Å². The first-order valence-corrected chi connectivity index (χ1v) is 8.65. The van der Waals surface area contributed by atoms with Gasteiger partial charge in [0.2, 0.25) is 5.91 Å². The maximum Gasteiger partial charge on any atom is 0.238 e. The fourth-order valence-corrected chi connectivity index (χ4v) is 3.41. The summed E-state index contributed by atoms with van der Waals surface area (Å²) >= 11 is 0. The van der Waals surface area contributed by atoms with Gasteiger partial charge in [0.15, 0.2) is 0 Å². The van der Waals surface area contributed by atoms with E-state index in [9.17, 15) is 4.79 Å². The van der Waals surface area contributed by atoms with Gasteiger partial charge in [-0.1, -0.05) is 6.92 Å². The normalized spacial score (nSPS) is 22.8. The summed E-state index contributed by atoms with van der Waals surface area (Å²) < 4.78 is 5.37. The zero-order valence-electron chi connectivity index (χ0n) is 14.0. The lowest BCUT2D eigenvalue weighted by Crippen LogP contribution is -2.39. The van der Waals surface area contributed by atoms with Gasteiger partial charge in [0.25, 0.3) is 0 Å². The number of amides is 1. The van der Waals surface area contributed by atoms with Gasteiger partial charge in [-0.2, -0.15) is 0 Å². The molecule has 1 aromatic carbocycles. The molecule has 0 saturated carbocycles. The molecule has 1 atom stereocenters. The largest absolute Gasteiger partial charge is 0.378 e. The van der Waals surface area contributed by atoms with Crippen LogP contribution in [0.15, 0.2) is 24.3 Å². The molecule has 2 aliphatic heterocycles. The number of carbonyl (C=O) groups is 1. The Morgan fingerprint density at radius 2 is 1.96 bits per heavy atom. The highest BCUT2D eigenvalue weighted by atomic mass is 16.5. The van der Waals surface area contributed by atoms with E-state index in [2.05, 4.69) is 34.2 Å². The van der Waals surface area contributed by atoms with E-state index in [-0.39, 0.29) is 5.91 Å². The van der Waals surface area contributed by atoms with Crippen LogP contribution in [-0.2, 0) is 9.53 Å². The van der Waals surface area contributed by atoms with Crippen LogP contribution >= 0.6 is 0 Å². The summed E-state index contributed by atoms with van der Waals surface area (Å²) in [5.74, 6) is 0.780. The number of nitrogens with zero attached hydrogens (tertiary/aromatic N) is 2. The molecule has 126 valence electrons. The van der Waals surface area contributed by atoms with Crippen LogP contribution in [0.25, 0.3) is 0 Å². The van der Waals surface area contributed by atoms with Crippen LogP contribution in [0.1, 0.15) is 19.8 Å². The Morgan fingerprint density at radius 3 is 2.65 bits per heavy atom. The molecule has 0 spiro atoms. The molecular weight excluding hydrogens is 290 g/mol. The van der Waals surface area contributed by atoms with Crippen LogP contribution in [0.5, 0.6) is 0 Å². The van der Waals surface area contributed by atoms with E-state index in [4.69, 9.17) is 4.74 Å². The van der Waals surface area contributed by atoms with Crippen molar-refractivity contribution in [2.75, 3.05) is 56.2 Å². The second kappa shape index (κ2) is 7.79. The number of hydrogen-bond acceptors (Lipinski definition) is 4. The monoisotopic (exact) mass is 317 g/mol. The average Bonchev–Trinajstić information content (AvgIpc) is 2.56. The van der Waals surface area contributed by atoms with Crippen molar-refractivity contribution in [3.8, 4) is 0 Å². The van der Waals surface area contributed by atoms with Crippen molar-refractivity contribution in [1.82, 2.24) is 4.90 Å². The van der Waals surface area contributed by atoms with Crippen LogP contribution in [0.3, 0.4) is 0 Å². The average molecular weight is 317 g/mol. The molecule has 23 heavy (non-hydrogen) atoms. The lowest BCUT2D eigenvalue weighted by Gasteiger charge is -2.30. The summed E-state index contributed by atoms with van der Waals surface area (Å²) in [5.41, 5.74) is 2.06. The Labute approximate surface area is 138 Å². The van der Waals surface area contributed by atoms with Crippen molar-refractivity contribution < 1.29 is 9.53 Å². The molecule has 0 unspecified atom stereocenters. The second-order valence-corrected chi connectivity index (χ2v) is 6.68. The van der Waals surface area contributed by atoms with Crippen LogP contribution in [-0.4, -0.2) is 56.7 Å². The first kappa shape index (κ1) is 16.3. The second-order valence-electron chi connectivity index (χ2n) is 6.68. The minimum Gasteiger partial charge on any atom is -0.378 e. The van der Waals surface area contributed by atoms with E-state index in [1.54, 1.807) is 0 Å². The molecule has 0 aliphatic carbocycles. The Balaban J connectivity index is 1.50. The van der Waals surface area contributed by atoms with Crippen molar-refractivity contribution in [2.45, 2.75) is 19.8 Å². The van der Waals surface area contributed by atoms with Gasteiger partial charge in [0, 0.05) is 31.0 Å². The van der Waals surface area contributed by atoms with Crippen LogP contribution in [0.2, 0.25) is 0 Å². The van der Waals surface area contributed by atoms with E-state index >= 15 is 0 Å². The number of carbonyl (C=O) groups excluding carboxylic acids is 1. The summed E-state index contributed by atoms with van der Waals surface area (Å²) in [6.45, 7) is 8.25. The highest BCUT2D eigenvalue weighted by Crippen LogP contribution is 2.19. The molecule has 1 N–H and O–H groups in total. The molecule has 2 aliphatic rings. The van der Waals surface area contributed by atoms with Gasteiger partial charge in [-0.3, -0.25) is 9.69 Å². The molecule has 1 aromatic rings. The zero-order valence-corrected chi connectivity index (χ0v) is 14.0. The van der Waals surface area contributed by atoms with Gasteiger partial charge in [-0.15, -0.1) is 0 Å². The summed E-state index contributed by atoms with van der Waals surface area (Å²) in [4.78, 5) is 16.8. The van der Waals surface area contributed by atoms with Gasteiger partial charge in [-0.05, 0) is 49.6 Å². The molecule has 0 bridgehead atoms. The van der Waals surface area contributed by atoms with Gasteiger partial charge in [0.1, 0.15) is 0 Å². The van der Waals surface area contributed by atoms with E-state index < -0.39 is 0 Å². The third kappa shape index (κ3) is 4.69. The summed E-state index contributed by atoms with van der Waals surface area (Å²) in [6.07, 6.45) is 2.48. The fourth-order valence-electron chi connectivity index (χ4n) is 3.41. The lowest BCUT2D eigenvalue weighted by molar-refractivity contribution is -0.117. The number of anilines is 2. The SMILES string of the molecule is C[C@@H]1CCCN(CC(=O)Nc2ccc(N3CCOCC3)cc2)C1. The molecule has 3 rings (SSSR count). The molecule has 2 heterocycles. The van der Waals surface area contributed by atoms with Gasteiger partial charge < -0.3 is 15.0 Å². The summed E-state index contributed by atoms with van der Waals surface area (Å²) in [5, 5.41) is 3.01. The minimum absolute atomic E-state index is 0.0817. The predicted octanol–water partition coefficient (Wildman–Crippen LogP) is 2.19. The molecule has 0 aromatic heterocycles. The van der Waals surface area contributed by atoms with E-state index in [0.29, 0.717) is 12.5 Å². The summed E-state index contributed by atoms with van der Waals surface area (Å²) in [6, 6.07) is 8.12. The van der Waals surface area contributed by atoms with Gasteiger partial charge >= 0.3 is 0 Å². The maximum atomic E-state index is 12.2. The Kier molecular flexibility index (Phi) is 5.51. The molecule has 1 amide bonds. The number of hydrogen-bond donors (Lipinski definition) is 1. The molecular formula is C18H27N3O2. The van der Waals surface area contributed by atoms with E-state index in [1.807, 2.05) is 12.1 Å². The van der Waals surface area contributed by atoms with Crippen LogP contribution in [0, 0.1) is 5.92 Å². The first-order valence-electron chi connectivity index (χ1n) is 8.65. The topological polar surface area (TPSA) is 44.8 Å². The number of rotatable bonds is 4. The number of morpholine rings is 1. The Bertz CT molecular complexity index is 512. The van der Waals surface area contributed by atoms with Gasteiger partial charge in [-0.25, -0.2) is 0 Å². The standard InChI is InChI=1S/C18H27N3O2/c1-15-3-2-8-20(13-15)14-18(22)19-16-4-6-17(7-5-16)21-9-11-23-12-10-21/h4-7,15H,2-3,8-14H2,1H3,(H,19,22)/t15-/m1/s1. The van der Waals surface area contributed by atoms with Crippen molar-refractivity contribution in [3.05, 3.63) is 24.3 Å². The zero-order chi connectivity index (χ0) is 16.1. The Morgan fingerprint density at radius 1 is 1.22 bits per heavy atom. The number of ether oxygens (including phenoxy) is 1. The number of benzene rings is 1. The third-order valence-electron chi connectivity index (χ3n) is 4.64. The highest BCUT2D eigenvalue weighted by Gasteiger charge is 2.18. The van der Waals surface area contributed by atoms with Crippen molar-refractivity contribution in [1.29, 1.82) is 0 Å². The first-order chi connectivity index (χ1) is 11.2. The molecule has 2 fully saturated rings. The maximum absolute atomic E-state index is 12.2. The molecule has 5 heteroatoms. The van der Waals surface area contributed by atoms with Crippen molar-refractivity contribution >= 4 is 17.3 Å². The van der Waals surface area contributed by atoms with Crippen LogP contribution < -0.4 is 10.2 Å². The van der Waals surface area contributed by atoms with Crippen molar-refractivity contribution in [2.24, 2.45) is 5.92 Å². The number of piperidine rings is 1. The van der Waals surface area contributed by atoms with Crippen LogP contribution in [0.4, 0.5) is 11.4 Å². The number of likely N-dealkylation sites (tertiary alicyclic amines) is 1. The quantitative estimate of drug-likeness (QED) is 0.925. The van der Waals surface area contributed by atoms with E-state index in [1.165, 1.54) is 18.5 Å². The lowest BCUT2D eigenvalue weighted by atomic mass is 10.0. The summed E-state index contributed by atoms with van der Waals surface area (Å²) in [7, 11) is 0. The molecule has 5 nitrogen and oxygen atoms in total. The highest BCUT2D eigenvalue weighted by molar-refractivity contribution is 5.92. The molecule has 2 saturated heterocycles. The van der Waals surface area contributed by atoms with E-state index in [0.717, 1.165) is 45.1 Å². The molecule has 0 radical (unpaired) electrons. The minimum atomic E-state index is 0.0817. The third-order valence-corrected chi connectivity index (χ3v) is 4.64. The Hall–Kier alpha value is -1.59. The predicted molar refractivity (Wildman–Crippen MR) is 92.9 cm³/mol. The fraction of sp³-hybridized carbons (Fsp3) is 0.611.